The standard InChI is InChI=1S/C12H20O2Si/c1-3-12(14-15-2)13-10-9-11-7-5-4-6-8-11/h4-8,12H,3,9-10,15H2,1-2H3. The number of benzene rings is 1. The molecule has 1 unspecified atom stereocenters. The third-order valence-electron chi connectivity index (χ3n) is 2.22. The van der Waals surface area contributed by atoms with E-state index in [1.165, 1.54) is 5.56 Å². The Hall–Kier alpha value is -0.643. The number of hydrogen-bond acceptors (Lipinski definition) is 2. The van der Waals surface area contributed by atoms with Crippen LogP contribution < -0.4 is 0 Å². The third-order valence-corrected chi connectivity index (χ3v) is 2.93. The predicted molar refractivity (Wildman–Crippen MR) is 65.7 cm³/mol. The molecular weight excluding hydrogens is 204 g/mol. The molecule has 0 bridgehead atoms. The highest BCUT2D eigenvalue weighted by molar-refractivity contribution is 6.24. The van der Waals surface area contributed by atoms with E-state index >= 15 is 0 Å². The Morgan fingerprint density at radius 2 is 2.00 bits per heavy atom. The van der Waals surface area contributed by atoms with Crippen LogP contribution in [-0.4, -0.2) is 22.7 Å². The number of hydrogen-bond donors (Lipinski definition) is 0. The molecule has 0 spiro atoms. The van der Waals surface area contributed by atoms with Gasteiger partial charge in [-0.2, -0.15) is 0 Å². The van der Waals surface area contributed by atoms with Crippen molar-refractivity contribution in [3.8, 4) is 0 Å². The summed E-state index contributed by atoms with van der Waals surface area (Å²) in [6, 6.07) is 10.4. The molecule has 0 aromatic heterocycles. The molecule has 0 aliphatic heterocycles. The van der Waals surface area contributed by atoms with Gasteiger partial charge in [-0.1, -0.05) is 43.8 Å². The fraction of sp³-hybridized carbons (Fsp3) is 0.500. The minimum atomic E-state index is -0.360. The molecule has 2 nitrogen and oxygen atoms in total. The molecule has 84 valence electrons. The maximum absolute atomic E-state index is 5.65. The van der Waals surface area contributed by atoms with Crippen LogP contribution >= 0.6 is 0 Å². The molecule has 0 heterocycles. The highest BCUT2D eigenvalue weighted by Gasteiger charge is 2.04. The Labute approximate surface area is 94.5 Å². The molecule has 3 heteroatoms. The summed E-state index contributed by atoms with van der Waals surface area (Å²) in [5, 5.41) is 0. The van der Waals surface area contributed by atoms with Crippen molar-refractivity contribution in [1.82, 2.24) is 0 Å². The first-order chi connectivity index (χ1) is 7.36. The monoisotopic (exact) mass is 224 g/mol. The Balaban J connectivity index is 2.20. The van der Waals surface area contributed by atoms with Crippen LogP contribution in [0.25, 0.3) is 0 Å². The lowest BCUT2D eigenvalue weighted by Crippen LogP contribution is -2.18. The minimum absolute atomic E-state index is 0.0189. The van der Waals surface area contributed by atoms with Gasteiger partial charge in [0.25, 0.3) is 0 Å². The molecule has 1 aromatic rings. The number of ether oxygens (including phenoxy) is 1. The highest BCUT2D eigenvalue weighted by Crippen LogP contribution is 2.03. The predicted octanol–water partition coefficient (Wildman–Crippen LogP) is 2.13. The molecule has 0 saturated heterocycles. The summed E-state index contributed by atoms with van der Waals surface area (Å²) in [7, 11) is -0.360. The molecule has 15 heavy (non-hydrogen) atoms. The second kappa shape index (κ2) is 7.62. The van der Waals surface area contributed by atoms with Gasteiger partial charge >= 0.3 is 0 Å². The second-order valence-corrected chi connectivity index (χ2v) is 4.31. The molecule has 0 saturated carbocycles. The lowest BCUT2D eigenvalue weighted by atomic mass is 10.2. The summed E-state index contributed by atoms with van der Waals surface area (Å²) in [5.41, 5.74) is 1.32. The van der Waals surface area contributed by atoms with Crippen molar-refractivity contribution in [1.29, 1.82) is 0 Å². The van der Waals surface area contributed by atoms with Crippen LogP contribution in [0, 0.1) is 0 Å². The van der Waals surface area contributed by atoms with Gasteiger partial charge in [0.2, 0.25) is 0 Å². The molecule has 1 aromatic carbocycles. The molecular formula is C12H20O2Si. The van der Waals surface area contributed by atoms with Crippen molar-refractivity contribution in [2.75, 3.05) is 6.61 Å². The van der Waals surface area contributed by atoms with E-state index in [0.29, 0.717) is 0 Å². The van der Waals surface area contributed by atoms with Gasteiger partial charge in [0.05, 0.1) is 6.61 Å². The Morgan fingerprint density at radius 1 is 1.27 bits per heavy atom. The van der Waals surface area contributed by atoms with Gasteiger partial charge in [0, 0.05) is 0 Å². The molecule has 0 N–H and O–H groups in total. The van der Waals surface area contributed by atoms with E-state index in [9.17, 15) is 0 Å². The molecule has 0 aliphatic rings. The molecule has 1 rings (SSSR count). The Morgan fingerprint density at radius 3 is 2.60 bits per heavy atom. The van der Waals surface area contributed by atoms with Crippen LogP contribution in [-0.2, 0) is 15.6 Å². The van der Waals surface area contributed by atoms with E-state index in [2.05, 4.69) is 37.7 Å². The van der Waals surface area contributed by atoms with E-state index < -0.39 is 0 Å². The Kier molecular flexibility index (Phi) is 6.32. The van der Waals surface area contributed by atoms with Gasteiger partial charge in [-0.3, -0.25) is 0 Å². The summed E-state index contributed by atoms with van der Waals surface area (Å²) in [6.07, 6.45) is 1.92. The maximum Gasteiger partial charge on any atom is 0.161 e. The first-order valence-electron chi connectivity index (χ1n) is 5.64. The molecule has 0 radical (unpaired) electrons. The fourth-order valence-electron chi connectivity index (χ4n) is 1.42. The van der Waals surface area contributed by atoms with Crippen molar-refractivity contribution in [2.45, 2.75) is 32.6 Å². The molecule has 1 atom stereocenters. The largest absolute Gasteiger partial charge is 0.400 e. The summed E-state index contributed by atoms with van der Waals surface area (Å²) < 4.78 is 11.2. The quantitative estimate of drug-likeness (QED) is 0.522. The van der Waals surface area contributed by atoms with E-state index in [4.69, 9.17) is 9.16 Å². The second-order valence-electron chi connectivity index (χ2n) is 3.40. The molecule has 0 aliphatic carbocycles. The lowest BCUT2D eigenvalue weighted by Gasteiger charge is -2.16. The average molecular weight is 224 g/mol. The summed E-state index contributed by atoms with van der Waals surface area (Å²) in [4.78, 5) is 0. The van der Waals surface area contributed by atoms with Crippen LogP contribution in [0.3, 0.4) is 0 Å². The average Bonchev–Trinajstić information content (AvgIpc) is 2.29. The fourth-order valence-corrected chi connectivity index (χ4v) is 2.13. The van der Waals surface area contributed by atoms with Crippen molar-refractivity contribution in [3.05, 3.63) is 35.9 Å². The van der Waals surface area contributed by atoms with E-state index in [1.807, 2.05) is 6.07 Å². The van der Waals surface area contributed by atoms with Crippen LogP contribution in [0.4, 0.5) is 0 Å². The van der Waals surface area contributed by atoms with Crippen molar-refractivity contribution in [2.24, 2.45) is 0 Å². The molecule has 0 amide bonds. The van der Waals surface area contributed by atoms with Gasteiger partial charge in [-0.15, -0.1) is 0 Å². The topological polar surface area (TPSA) is 18.5 Å². The maximum atomic E-state index is 5.65. The summed E-state index contributed by atoms with van der Waals surface area (Å²) in [5.74, 6) is 0. The van der Waals surface area contributed by atoms with Gasteiger partial charge in [-0.25, -0.2) is 0 Å². The van der Waals surface area contributed by atoms with Gasteiger partial charge in [0.1, 0.15) is 6.29 Å². The normalized spacial score (nSPS) is 13.5. The van der Waals surface area contributed by atoms with E-state index in [0.717, 1.165) is 19.4 Å². The minimum Gasteiger partial charge on any atom is -0.400 e. The third kappa shape index (κ3) is 5.11. The number of rotatable bonds is 7. The van der Waals surface area contributed by atoms with Crippen LogP contribution in [0.15, 0.2) is 30.3 Å². The SMILES string of the molecule is CCC(OCCc1ccccc1)O[SiH2]C. The van der Waals surface area contributed by atoms with E-state index in [1.54, 1.807) is 0 Å². The van der Waals surface area contributed by atoms with Crippen molar-refractivity contribution in [3.63, 3.8) is 0 Å². The highest BCUT2D eigenvalue weighted by atomic mass is 28.2. The van der Waals surface area contributed by atoms with Gasteiger partial charge in [-0.05, 0) is 18.4 Å². The zero-order chi connectivity index (χ0) is 10.9. The van der Waals surface area contributed by atoms with Crippen LogP contribution in [0.5, 0.6) is 0 Å². The Bertz CT molecular complexity index is 251. The van der Waals surface area contributed by atoms with Gasteiger partial charge in [0.15, 0.2) is 9.76 Å². The van der Waals surface area contributed by atoms with Crippen molar-refractivity contribution < 1.29 is 9.16 Å². The zero-order valence-corrected chi connectivity index (χ0v) is 11.0. The first kappa shape index (κ1) is 12.4. The molecule has 0 fully saturated rings. The van der Waals surface area contributed by atoms with Crippen LogP contribution in [0.2, 0.25) is 6.55 Å². The summed E-state index contributed by atoms with van der Waals surface area (Å²) >= 11 is 0. The smallest absolute Gasteiger partial charge is 0.161 e. The summed E-state index contributed by atoms with van der Waals surface area (Å²) in [6.45, 7) is 4.97. The van der Waals surface area contributed by atoms with E-state index in [-0.39, 0.29) is 16.1 Å². The lowest BCUT2D eigenvalue weighted by molar-refractivity contribution is -0.0794. The first-order valence-corrected chi connectivity index (χ1v) is 7.63. The van der Waals surface area contributed by atoms with Gasteiger partial charge < -0.3 is 9.16 Å². The zero-order valence-electron chi connectivity index (χ0n) is 9.61. The van der Waals surface area contributed by atoms with Crippen LogP contribution in [0.1, 0.15) is 18.9 Å². The van der Waals surface area contributed by atoms with Crippen molar-refractivity contribution >= 4 is 9.76 Å².